The Kier molecular flexibility index (Phi) is 5.41. The summed E-state index contributed by atoms with van der Waals surface area (Å²) in [5, 5.41) is 12.4. The number of nitriles is 1. The van der Waals surface area contributed by atoms with Gasteiger partial charge >= 0.3 is 0 Å². The summed E-state index contributed by atoms with van der Waals surface area (Å²) in [6.07, 6.45) is 0. The number of hydrogen-bond acceptors (Lipinski definition) is 4. The highest BCUT2D eigenvalue weighted by Crippen LogP contribution is 2.28. The summed E-state index contributed by atoms with van der Waals surface area (Å²) in [6, 6.07) is 11.7. The van der Waals surface area contributed by atoms with Crippen LogP contribution in [0.15, 0.2) is 35.4 Å². The molecule has 0 aliphatic rings. The lowest BCUT2D eigenvalue weighted by Crippen LogP contribution is -2.22. The molecule has 0 saturated carbocycles. The lowest BCUT2D eigenvalue weighted by atomic mass is 10.1. The fourth-order valence-electron chi connectivity index (χ4n) is 2.13. The van der Waals surface area contributed by atoms with E-state index in [0.717, 1.165) is 22.5 Å². The third-order valence-corrected chi connectivity index (χ3v) is 4.49. The molecule has 1 heterocycles. The second-order valence-corrected chi connectivity index (χ2v) is 6.82. The van der Waals surface area contributed by atoms with Crippen LogP contribution in [0.25, 0.3) is 0 Å². The number of hydrogen-bond donors (Lipinski definition) is 1. The molecule has 0 radical (unpaired) electrons. The van der Waals surface area contributed by atoms with E-state index in [1.807, 2.05) is 58.0 Å². The van der Waals surface area contributed by atoms with Crippen LogP contribution in [0.2, 0.25) is 0 Å². The predicted octanol–water partition coefficient (Wildman–Crippen LogP) is 4.00. The van der Waals surface area contributed by atoms with Crippen molar-refractivity contribution in [1.29, 1.82) is 5.26 Å². The predicted molar refractivity (Wildman–Crippen MR) is 93.6 cm³/mol. The van der Waals surface area contributed by atoms with Crippen LogP contribution in [0, 0.1) is 32.1 Å². The van der Waals surface area contributed by atoms with E-state index in [2.05, 4.69) is 16.4 Å². The number of benzene rings is 1. The van der Waals surface area contributed by atoms with Gasteiger partial charge in [-0.05, 0) is 51.5 Å². The number of anilines is 1. The molecule has 1 aromatic heterocycles. The molecule has 5 heteroatoms. The van der Waals surface area contributed by atoms with Crippen molar-refractivity contribution in [2.45, 2.75) is 38.0 Å². The van der Waals surface area contributed by atoms with Gasteiger partial charge in [0.2, 0.25) is 5.91 Å². The van der Waals surface area contributed by atoms with Gasteiger partial charge in [-0.15, -0.1) is 0 Å². The number of nitrogens with one attached hydrogen (secondary N) is 1. The molecule has 2 rings (SSSR count). The number of thioether (sulfide) groups is 1. The van der Waals surface area contributed by atoms with Crippen LogP contribution in [0.4, 0.5) is 5.69 Å². The molecule has 0 saturated heterocycles. The number of amides is 1. The monoisotopic (exact) mass is 325 g/mol. The second kappa shape index (κ2) is 7.30. The van der Waals surface area contributed by atoms with Gasteiger partial charge in [-0.3, -0.25) is 4.79 Å². The zero-order valence-electron chi connectivity index (χ0n) is 13.7. The fraction of sp³-hybridized carbons (Fsp3) is 0.278. The topological polar surface area (TPSA) is 65.8 Å². The molecule has 1 atom stereocenters. The normalized spacial score (nSPS) is 11.6. The summed E-state index contributed by atoms with van der Waals surface area (Å²) in [5.74, 6) is -0.108. The van der Waals surface area contributed by atoms with Crippen LogP contribution in [-0.2, 0) is 4.79 Å². The minimum atomic E-state index is -0.350. The molecule has 0 aliphatic heterocycles. The van der Waals surface area contributed by atoms with Crippen LogP contribution in [0.1, 0.15) is 29.3 Å². The van der Waals surface area contributed by atoms with Crippen LogP contribution < -0.4 is 5.32 Å². The summed E-state index contributed by atoms with van der Waals surface area (Å²) >= 11 is 1.31. The maximum Gasteiger partial charge on any atom is 0.237 e. The summed E-state index contributed by atoms with van der Waals surface area (Å²) in [6.45, 7) is 7.58. The van der Waals surface area contributed by atoms with E-state index in [1.54, 1.807) is 0 Å². The van der Waals surface area contributed by atoms with Crippen molar-refractivity contribution in [3.63, 3.8) is 0 Å². The number of pyridine rings is 1. The molecule has 1 N–H and O–H groups in total. The molecule has 2 aromatic rings. The summed E-state index contributed by atoms with van der Waals surface area (Å²) < 4.78 is 0. The summed E-state index contributed by atoms with van der Waals surface area (Å²) in [4.78, 5) is 16.7. The zero-order valence-corrected chi connectivity index (χ0v) is 14.5. The van der Waals surface area contributed by atoms with Crippen molar-refractivity contribution < 1.29 is 4.79 Å². The quantitative estimate of drug-likeness (QED) is 0.863. The maximum absolute atomic E-state index is 12.3. The number of carbonyl (C=O) groups excluding carboxylic acids is 1. The first-order chi connectivity index (χ1) is 10.9. The minimum Gasteiger partial charge on any atom is -0.325 e. The zero-order chi connectivity index (χ0) is 17.0. The number of aromatic nitrogens is 1. The summed E-state index contributed by atoms with van der Waals surface area (Å²) in [7, 11) is 0. The highest BCUT2D eigenvalue weighted by molar-refractivity contribution is 8.00. The van der Waals surface area contributed by atoms with Gasteiger partial charge in [-0.25, -0.2) is 4.98 Å². The summed E-state index contributed by atoms with van der Waals surface area (Å²) in [5.41, 5.74) is 4.17. The van der Waals surface area contributed by atoms with Crippen LogP contribution in [0.5, 0.6) is 0 Å². The number of rotatable bonds is 4. The average Bonchev–Trinajstić information content (AvgIpc) is 2.49. The van der Waals surface area contributed by atoms with Crippen molar-refractivity contribution >= 4 is 23.4 Å². The molecule has 1 aromatic carbocycles. The van der Waals surface area contributed by atoms with Crippen molar-refractivity contribution in [3.8, 4) is 6.07 Å². The van der Waals surface area contributed by atoms with E-state index in [0.29, 0.717) is 10.6 Å². The highest BCUT2D eigenvalue weighted by Gasteiger charge is 2.18. The molecule has 1 unspecified atom stereocenters. The first kappa shape index (κ1) is 17.0. The Labute approximate surface area is 140 Å². The smallest absolute Gasteiger partial charge is 0.237 e. The lowest BCUT2D eigenvalue weighted by Gasteiger charge is -2.13. The van der Waals surface area contributed by atoms with Crippen molar-refractivity contribution in [3.05, 3.63) is 52.7 Å². The molecule has 1 amide bonds. The van der Waals surface area contributed by atoms with Gasteiger partial charge in [0.1, 0.15) is 11.1 Å². The standard InChI is InChI=1S/C18H19N3OS/c1-11-5-7-15(8-6-11)21-17(22)14(4)23-18-16(10-19)12(2)9-13(3)20-18/h5-9,14H,1-4H3,(H,21,22). The van der Waals surface area contributed by atoms with Gasteiger partial charge in [-0.1, -0.05) is 29.5 Å². The van der Waals surface area contributed by atoms with Crippen LogP contribution in [-0.4, -0.2) is 16.1 Å². The van der Waals surface area contributed by atoms with Gasteiger partial charge in [0.25, 0.3) is 0 Å². The molecule has 23 heavy (non-hydrogen) atoms. The average molecular weight is 325 g/mol. The minimum absolute atomic E-state index is 0.108. The third-order valence-electron chi connectivity index (χ3n) is 3.40. The fourth-order valence-corrected chi connectivity index (χ4v) is 3.15. The Hall–Kier alpha value is -2.32. The molecule has 0 bridgehead atoms. The molecule has 0 aliphatic carbocycles. The largest absolute Gasteiger partial charge is 0.325 e. The first-order valence-electron chi connectivity index (χ1n) is 7.33. The van der Waals surface area contributed by atoms with Gasteiger partial charge < -0.3 is 5.32 Å². The SMILES string of the molecule is Cc1ccc(NC(=O)C(C)Sc2nc(C)cc(C)c2C#N)cc1. The lowest BCUT2D eigenvalue weighted by molar-refractivity contribution is -0.115. The van der Waals surface area contributed by atoms with E-state index >= 15 is 0 Å². The second-order valence-electron chi connectivity index (χ2n) is 5.49. The Morgan fingerprint density at radius 1 is 1.26 bits per heavy atom. The van der Waals surface area contributed by atoms with Crippen molar-refractivity contribution in [1.82, 2.24) is 4.98 Å². The van der Waals surface area contributed by atoms with Crippen LogP contribution >= 0.6 is 11.8 Å². The van der Waals surface area contributed by atoms with E-state index < -0.39 is 0 Å². The Morgan fingerprint density at radius 3 is 2.52 bits per heavy atom. The maximum atomic E-state index is 12.3. The van der Waals surface area contributed by atoms with E-state index in [1.165, 1.54) is 11.8 Å². The highest BCUT2D eigenvalue weighted by atomic mass is 32.2. The molecule has 118 valence electrons. The molecule has 4 nitrogen and oxygen atoms in total. The van der Waals surface area contributed by atoms with Crippen LogP contribution in [0.3, 0.4) is 0 Å². The molecular weight excluding hydrogens is 306 g/mol. The first-order valence-corrected chi connectivity index (χ1v) is 8.21. The van der Waals surface area contributed by atoms with Crippen molar-refractivity contribution in [2.75, 3.05) is 5.32 Å². The van der Waals surface area contributed by atoms with E-state index in [4.69, 9.17) is 0 Å². The van der Waals surface area contributed by atoms with Crippen molar-refractivity contribution in [2.24, 2.45) is 0 Å². The van der Waals surface area contributed by atoms with Gasteiger partial charge in [0, 0.05) is 11.4 Å². The Morgan fingerprint density at radius 2 is 1.91 bits per heavy atom. The molecular formula is C18H19N3OS. The van der Waals surface area contributed by atoms with E-state index in [9.17, 15) is 10.1 Å². The van der Waals surface area contributed by atoms with Gasteiger partial charge in [0.15, 0.2) is 0 Å². The molecule has 0 fully saturated rings. The van der Waals surface area contributed by atoms with E-state index in [-0.39, 0.29) is 11.2 Å². The molecule has 0 spiro atoms. The Balaban J connectivity index is 2.12. The number of carbonyl (C=O) groups is 1. The van der Waals surface area contributed by atoms with Gasteiger partial charge in [0.05, 0.1) is 10.8 Å². The third kappa shape index (κ3) is 4.33. The van der Waals surface area contributed by atoms with Gasteiger partial charge in [-0.2, -0.15) is 5.26 Å². The number of nitrogens with zero attached hydrogens (tertiary/aromatic N) is 2. The Bertz CT molecular complexity index is 763. The number of aryl methyl sites for hydroxylation is 3.